The van der Waals surface area contributed by atoms with Gasteiger partial charge in [-0.3, -0.25) is 9.36 Å². The lowest BCUT2D eigenvalue weighted by Gasteiger charge is -2.31. The molecule has 0 aromatic heterocycles. The van der Waals surface area contributed by atoms with E-state index in [1.165, 1.54) is 11.8 Å². The predicted octanol–water partition coefficient (Wildman–Crippen LogP) is 8.12. The number of phenols is 1. The number of fused-ring (bicyclic) bond motifs is 1. The maximum absolute atomic E-state index is 13.8. The van der Waals surface area contributed by atoms with Crippen LogP contribution in [-0.2, 0) is 29.2 Å². The van der Waals surface area contributed by atoms with Crippen molar-refractivity contribution in [3.63, 3.8) is 0 Å². The van der Waals surface area contributed by atoms with Crippen LogP contribution in [0, 0.1) is 0 Å². The monoisotopic (exact) mass is 559 g/mol. The van der Waals surface area contributed by atoms with Gasteiger partial charge in [0, 0.05) is 22.6 Å². The molecule has 0 atom stereocenters. The first kappa shape index (κ1) is 30.5. The minimum absolute atomic E-state index is 0.0981. The van der Waals surface area contributed by atoms with Crippen LogP contribution in [0.15, 0.2) is 46.2 Å². The number of phenolic OH excluding ortho intramolecular Hbond substituents is 1. The van der Waals surface area contributed by atoms with Gasteiger partial charge in [-0.05, 0) is 67.0 Å². The van der Waals surface area contributed by atoms with Crippen molar-refractivity contribution in [2.24, 2.45) is 0 Å². The lowest BCUT2D eigenvalue weighted by atomic mass is 9.78. The lowest BCUT2D eigenvalue weighted by Crippen LogP contribution is -2.35. The third-order valence-corrected chi connectivity index (χ3v) is 9.59. The van der Waals surface area contributed by atoms with Gasteiger partial charge < -0.3 is 19.1 Å². The second-order valence-corrected chi connectivity index (χ2v) is 14.8. The van der Waals surface area contributed by atoms with E-state index in [1.54, 1.807) is 18.7 Å². The molecule has 0 unspecified atom stereocenters. The molecular weight excluding hydrogens is 517 g/mol. The molecule has 208 valence electrons. The SMILES string of the molecule is CCOP(=O)(CCCN1C(=O)/C(=C/c2cc(C(C)(C)C)c(O)c(C(C)(C)C)c2)Sc2ccccc21)OCC. The minimum Gasteiger partial charge on any atom is -0.507 e. The average Bonchev–Trinajstić information content (AvgIpc) is 2.81. The molecule has 38 heavy (non-hydrogen) atoms. The molecule has 0 saturated carbocycles. The first-order valence-corrected chi connectivity index (χ1v) is 15.8. The van der Waals surface area contributed by atoms with Gasteiger partial charge in [-0.15, -0.1) is 0 Å². The summed E-state index contributed by atoms with van der Waals surface area (Å²) in [6, 6.07) is 11.8. The van der Waals surface area contributed by atoms with E-state index in [4.69, 9.17) is 9.05 Å². The highest BCUT2D eigenvalue weighted by atomic mass is 32.2. The topological polar surface area (TPSA) is 76.1 Å². The second kappa shape index (κ2) is 12.0. The number of benzene rings is 2. The number of nitrogens with zero attached hydrogens (tertiary/aromatic N) is 1. The van der Waals surface area contributed by atoms with E-state index in [-0.39, 0.29) is 22.9 Å². The van der Waals surface area contributed by atoms with Gasteiger partial charge in [0.2, 0.25) is 0 Å². The van der Waals surface area contributed by atoms with E-state index >= 15 is 0 Å². The number of carbonyl (C=O) groups excluding carboxylic acids is 1. The Hall–Kier alpha value is -2.05. The summed E-state index contributed by atoms with van der Waals surface area (Å²) in [7, 11) is -3.19. The summed E-state index contributed by atoms with van der Waals surface area (Å²) < 4.78 is 23.8. The Morgan fingerprint density at radius 2 is 1.53 bits per heavy atom. The van der Waals surface area contributed by atoms with E-state index in [2.05, 4.69) is 41.5 Å². The highest BCUT2D eigenvalue weighted by Gasteiger charge is 2.31. The zero-order chi connectivity index (χ0) is 28.3. The maximum atomic E-state index is 13.8. The smallest absolute Gasteiger partial charge is 0.330 e. The quantitative estimate of drug-likeness (QED) is 0.247. The number of hydrogen-bond acceptors (Lipinski definition) is 6. The largest absolute Gasteiger partial charge is 0.507 e. The Kier molecular flexibility index (Phi) is 9.63. The second-order valence-electron chi connectivity index (χ2n) is 11.5. The van der Waals surface area contributed by atoms with Gasteiger partial charge in [-0.1, -0.05) is 65.4 Å². The molecule has 2 aromatic carbocycles. The number of amides is 1. The van der Waals surface area contributed by atoms with E-state index in [0.29, 0.717) is 36.8 Å². The Bertz CT molecular complexity index is 1200. The summed E-state index contributed by atoms with van der Waals surface area (Å²) in [5, 5.41) is 11.1. The number of rotatable bonds is 9. The Balaban J connectivity index is 2.00. The summed E-state index contributed by atoms with van der Waals surface area (Å²) in [6.07, 6.45) is 2.65. The molecule has 1 aliphatic rings. The van der Waals surface area contributed by atoms with Crippen LogP contribution in [0.2, 0.25) is 0 Å². The molecule has 0 spiro atoms. The molecule has 3 rings (SSSR count). The highest BCUT2D eigenvalue weighted by Crippen LogP contribution is 2.49. The molecule has 1 heterocycles. The van der Waals surface area contributed by atoms with Crippen LogP contribution in [0.4, 0.5) is 5.69 Å². The van der Waals surface area contributed by atoms with Gasteiger partial charge in [-0.2, -0.15) is 0 Å². The standard InChI is InChI=1S/C30H42NO5PS/c1-9-35-37(34,36-10-2)17-13-16-31-24-14-11-12-15-25(24)38-26(28(31)33)20-21-18-22(29(3,4)5)27(32)23(19-21)30(6,7)8/h11-12,14-15,18-20,32H,9-10,13,16-17H2,1-8H3/b26-20-. The first-order chi connectivity index (χ1) is 17.7. The van der Waals surface area contributed by atoms with Gasteiger partial charge in [0.1, 0.15) is 5.75 Å². The molecule has 8 heteroatoms. The van der Waals surface area contributed by atoms with E-state index < -0.39 is 7.60 Å². The van der Waals surface area contributed by atoms with Gasteiger partial charge >= 0.3 is 7.60 Å². The van der Waals surface area contributed by atoms with Crippen molar-refractivity contribution in [1.82, 2.24) is 0 Å². The van der Waals surface area contributed by atoms with Crippen LogP contribution in [-0.4, -0.2) is 36.9 Å². The van der Waals surface area contributed by atoms with Gasteiger partial charge in [0.25, 0.3) is 5.91 Å². The molecule has 0 radical (unpaired) electrons. The molecule has 0 bridgehead atoms. The van der Waals surface area contributed by atoms with Gasteiger partial charge in [-0.25, -0.2) is 0 Å². The van der Waals surface area contributed by atoms with Crippen LogP contribution in [0.1, 0.15) is 78.5 Å². The number of carbonyl (C=O) groups is 1. The van der Waals surface area contributed by atoms with Crippen molar-refractivity contribution in [2.45, 2.75) is 77.5 Å². The molecular formula is C30H42NO5PS. The summed E-state index contributed by atoms with van der Waals surface area (Å²) in [5.41, 5.74) is 2.89. The normalized spacial score (nSPS) is 15.7. The maximum Gasteiger partial charge on any atom is 0.330 e. The Labute approximate surface area is 232 Å². The summed E-state index contributed by atoms with van der Waals surface area (Å²) in [5.74, 6) is 0.216. The van der Waals surface area contributed by atoms with E-state index in [1.807, 2.05) is 42.5 Å². The summed E-state index contributed by atoms with van der Waals surface area (Å²) >= 11 is 1.45. The number of aromatic hydroxyl groups is 1. The molecule has 0 fully saturated rings. The number of para-hydroxylation sites is 1. The van der Waals surface area contributed by atoms with Crippen LogP contribution in [0.3, 0.4) is 0 Å². The number of hydrogen-bond donors (Lipinski definition) is 1. The van der Waals surface area contributed by atoms with Crippen LogP contribution >= 0.6 is 19.4 Å². The average molecular weight is 560 g/mol. The third-order valence-electron chi connectivity index (χ3n) is 6.34. The Morgan fingerprint density at radius 1 is 0.974 bits per heavy atom. The van der Waals surface area contributed by atoms with Crippen molar-refractivity contribution in [3.8, 4) is 5.75 Å². The van der Waals surface area contributed by atoms with Crippen LogP contribution in [0.5, 0.6) is 5.75 Å². The van der Waals surface area contributed by atoms with Crippen LogP contribution in [0.25, 0.3) is 6.08 Å². The van der Waals surface area contributed by atoms with Gasteiger partial charge in [0.15, 0.2) is 0 Å². The van der Waals surface area contributed by atoms with Crippen molar-refractivity contribution < 1.29 is 23.5 Å². The summed E-state index contributed by atoms with van der Waals surface area (Å²) in [6.45, 7) is 17.1. The zero-order valence-electron chi connectivity index (χ0n) is 24.0. The fraction of sp³-hybridized carbons (Fsp3) is 0.500. The molecule has 1 aliphatic heterocycles. The lowest BCUT2D eigenvalue weighted by molar-refractivity contribution is -0.114. The number of thioether (sulfide) groups is 1. The van der Waals surface area contributed by atoms with Crippen molar-refractivity contribution in [1.29, 1.82) is 0 Å². The zero-order valence-corrected chi connectivity index (χ0v) is 25.7. The fourth-order valence-electron chi connectivity index (χ4n) is 4.50. The molecule has 1 N–H and O–H groups in total. The van der Waals surface area contributed by atoms with E-state index in [9.17, 15) is 14.5 Å². The summed E-state index contributed by atoms with van der Waals surface area (Å²) in [4.78, 5) is 17.1. The van der Waals surface area contributed by atoms with Crippen molar-refractivity contribution >= 4 is 37.0 Å². The van der Waals surface area contributed by atoms with Gasteiger partial charge in [0.05, 0.1) is 30.0 Å². The highest BCUT2D eigenvalue weighted by molar-refractivity contribution is 8.04. The molecule has 0 aliphatic carbocycles. The van der Waals surface area contributed by atoms with E-state index in [0.717, 1.165) is 27.3 Å². The number of anilines is 1. The van der Waals surface area contributed by atoms with Crippen LogP contribution < -0.4 is 4.90 Å². The molecule has 1 amide bonds. The molecule has 2 aromatic rings. The molecule has 0 saturated heterocycles. The minimum atomic E-state index is -3.19. The van der Waals surface area contributed by atoms with Crippen molar-refractivity contribution in [3.05, 3.63) is 58.0 Å². The predicted molar refractivity (Wildman–Crippen MR) is 158 cm³/mol. The first-order valence-electron chi connectivity index (χ1n) is 13.3. The Morgan fingerprint density at radius 3 is 2.05 bits per heavy atom. The fourth-order valence-corrected chi connectivity index (χ4v) is 7.21. The third kappa shape index (κ3) is 7.12. The molecule has 6 nitrogen and oxygen atoms in total. The van der Waals surface area contributed by atoms with Crippen molar-refractivity contribution in [2.75, 3.05) is 30.8 Å².